The Bertz CT molecular complexity index is 711. The Morgan fingerprint density at radius 2 is 2.04 bits per heavy atom. The van der Waals surface area contributed by atoms with E-state index >= 15 is 0 Å². The maximum atomic E-state index is 12.8. The molecule has 0 radical (unpaired) electrons. The van der Waals surface area contributed by atoms with Crippen LogP contribution in [-0.2, 0) is 10.0 Å². The molecule has 0 bridgehead atoms. The molecule has 0 aromatic carbocycles. The summed E-state index contributed by atoms with van der Waals surface area (Å²) in [6, 6.07) is 4.94. The monoisotopic (exact) mass is 336 g/mol. The number of nitrogens with zero attached hydrogens (tertiary/aromatic N) is 3. The van der Waals surface area contributed by atoms with E-state index in [9.17, 15) is 8.42 Å². The predicted octanol–water partition coefficient (Wildman–Crippen LogP) is 3.07. The molecule has 1 unspecified atom stereocenters. The third-order valence-corrected chi connectivity index (χ3v) is 5.10. The lowest BCUT2D eigenvalue weighted by molar-refractivity contribution is 0.467. The molecule has 0 saturated heterocycles. The average Bonchev–Trinajstić information content (AvgIpc) is 3.03. The van der Waals surface area contributed by atoms with Crippen molar-refractivity contribution >= 4 is 10.0 Å². The fraction of sp³-hybridized carbons (Fsp3) is 0.500. The van der Waals surface area contributed by atoms with Gasteiger partial charge in [-0.2, -0.15) is 5.10 Å². The highest BCUT2D eigenvalue weighted by atomic mass is 32.2. The van der Waals surface area contributed by atoms with Crippen molar-refractivity contribution in [1.29, 1.82) is 0 Å². The molecule has 126 valence electrons. The summed E-state index contributed by atoms with van der Waals surface area (Å²) < 4.78 is 29.9. The lowest BCUT2D eigenvalue weighted by Gasteiger charge is -2.20. The van der Waals surface area contributed by atoms with E-state index in [1.165, 1.54) is 16.9 Å². The molecule has 0 amide bonds. The van der Waals surface area contributed by atoms with Gasteiger partial charge in [0.05, 0.1) is 6.20 Å². The molecular formula is C16H24N4O2S. The molecule has 2 heterocycles. The molecular weight excluding hydrogens is 312 g/mol. The number of pyridine rings is 1. The largest absolute Gasteiger partial charge is 0.264 e. The normalized spacial score (nSPS) is 13.4. The van der Waals surface area contributed by atoms with Gasteiger partial charge in [0.25, 0.3) is 10.0 Å². The van der Waals surface area contributed by atoms with Gasteiger partial charge in [-0.25, -0.2) is 13.1 Å². The second kappa shape index (κ2) is 7.70. The molecule has 0 spiro atoms. The smallest absolute Gasteiger partial charge is 0.258 e. The molecule has 0 aliphatic rings. The van der Waals surface area contributed by atoms with E-state index < -0.39 is 10.0 Å². The van der Waals surface area contributed by atoms with E-state index in [2.05, 4.69) is 21.7 Å². The third-order valence-electron chi connectivity index (χ3n) is 3.63. The average molecular weight is 336 g/mol. The van der Waals surface area contributed by atoms with Crippen molar-refractivity contribution in [3.63, 3.8) is 0 Å². The van der Waals surface area contributed by atoms with Crippen LogP contribution in [-0.4, -0.2) is 23.2 Å². The number of rotatable bonds is 8. The summed E-state index contributed by atoms with van der Waals surface area (Å²) in [6.45, 7) is 5.89. The summed E-state index contributed by atoms with van der Waals surface area (Å²) >= 11 is 0. The van der Waals surface area contributed by atoms with Crippen LogP contribution in [0.4, 0.5) is 0 Å². The quantitative estimate of drug-likeness (QED) is 0.803. The zero-order chi connectivity index (χ0) is 16.9. The molecule has 23 heavy (non-hydrogen) atoms. The number of sulfonamides is 1. The number of hydrogen-bond donors (Lipinski definition) is 1. The summed E-state index contributed by atoms with van der Waals surface area (Å²) in [4.78, 5) is 4.10. The van der Waals surface area contributed by atoms with Crippen LogP contribution < -0.4 is 4.72 Å². The van der Waals surface area contributed by atoms with Crippen LogP contribution in [0.1, 0.15) is 57.7 Å². The molecule has 1 N–H and O–H groups in total. The number of hydrogen-bond acceptors (Lipinski definition) is 4. The van der Waals surface area contributed by atoms with Crippen LogP contribution in [0.2, 0.25) is 0 Å². The fourth-order valence-electron chi connectivity index (χ4n) is 2.43. The van der Waals surface area contributed by atoms with Crippen LogP contribution in [0.3, 0.4) is 0 Å². The maximum absolute atomic E-state index is 12.8. The van der Waals surface area contributed by atoms with E-state index in [4.69, 9.17) is 0 Å². The highest BCUT2D eigenvalue weighted by Crippen LogP contribution is 2.22. The molecule has 7 heteroatoms. The molecule has 6 nitrogen and oxygen atoms in total. The summed E-state index contributed by atoms with van der Waals surface area (Å²) in [7, 11) is -3.65. The summed E-state index contributed by atoms with van der Waals surface area (Å²) in [5.41, 5.74) is 0.875. The minimum absolute atomic E-state index is 0.0240. The van der Waals surface area contributed by atoms with Crippen molar-refractivity contribution in [3.8, 4) is 0 Å². The first-order valence-electron chi connectivity index (χ1n) is 7.91. The van der Waals surface area contributed by atoms with Crippen LogP contribution in [0, 0.1) is 0 Å². The molecule has 0 aliphatic carbocycles. The van der Waals surface area contributed by atoms with Gasteiger partial charge in [-0.15, -0.1) is 0 Å². The first kappa shape index (κ1) is 17.6. The van der Waals surface area contributed by atoms with Crippen molar-refractivity contribution in [2.75, 3.05) is 0 Å². The minimum Gasteiger partial charge on any atom is -0.264 e. The van der Waals surface area contributed by atoms with Gasteiger partial charge in [-0.3, -0.25) is 9.67 Å². The van der Waals surface area contributed by atoms with Crippen molar-refractivity contribution in [1.82, 2.24) is 19.5 Å². The predicted molar refractivity (Wildman–Crippen MR) is 89.4 cm³/mol. The zero-order valence-corrected chi connectivity index (χ0v) is 14.6. The Hall–Kier alpha value is -1.73. The summed E-state index contributed by atoms with van der Waals surface area (Å²) in [6.07, 6.45) is 7.58. The van der Waals surface area contributed by atoms with Crippen molar-refractivity contribution in [2.45, 2.75) is 57.1 Å². The Morgan fingerprint density at radius 1 is 1.26 bits per heavy atom. The lowest BCUT2D eigenvalue weighted by atomic mass is 10.0. The summed E-state index contributed by atoms with van der Waals surface area (Å²) in [5.74, 6) is 0. The van der Waals surface area contributed by atoms with Gasteiger partial charge in [-0.1, -0.05) is 25.8 Å². The summed E-state index contributed by atoms with van der Waals surface area (Å²) in [5, 5.41) is 4.30. The third kappa shape index (κ3) is 4.39. The maximum Gasteiger partial charge on any atom is 0.258 e. The number of unbranched alkanes of at least 4 members (excludes halogenated alkanes) is 1. The van der Waals surface area contributed by atoms with Crippen molar-refractivity contribution < 1.29 is 8.42 Å². The standard InChI is InChI=1S/C16H24N4O2S/c1-4-5-8-15(14-7-6-10-17-12-14)19-23(21,22)16-9-11-18-20(16)13(2)3/h6-7,9-13,15,19H,4-5,8H2,1-3H3. The van der Waals surface area contributed by atoms with E-state index in [0.717, 1.165) is 24.8 Å². The van der Waals surface area contributed by atoms with Gasteiger partial charge >= 0.3 is 0 Å². The van der Waals surface area contributed by atoms with Crippen LogP contribution in [0.25, 0.3) is 0 Å². The Kier molecular flexibility index (Phi) is 5.90. The van der Waals surface area contributed by atoms with Gasteiger partial charge in [0.2, 0.25) is 0 Å². The number of aromatic nitrogens is 3. The van der Waals surface area contributed by atoms with Crippen LogP contribution in [0.15, 0.2) is 41.8 Å². The van der Waals surface area contributed by atoms with Crippen molar-refractivity contribution in [3.05, 3.63) is 42.4 Å². The van der Waals surface area contributed by atoms with Gasteiger partial charge in [0, 0.05) is 24.5 Å². The van der Waals surface area contributed by atoms with Crippen LogP contribution in [0.5, 0.6) is 0 Å². The molecule has 0 fully saturated rings. The van der Waals surface area contributed by atoms with E-state index in [1.807, 2.05) is 26.0 Å². The molecule has 1 atom stereocenters. The Labute approximate surface area is 138 Å². The minimum atomic E-state index is -3.65. The first-order valence-corrected chi connectivity index (χ1v) is 9.39. The van der Waals surface area contributed by atoms with E-state index in [1.54, 1.807) is 12.4 Å². The highest BCUT2D eigenvalue weighted by molar-refractivity contribution is 7.89. The lowest BCUT2D eigenvalue weighted by Crippen LogP contribution is -2.31. The van der Waals surface area contributed by atoms with Gasteiger partial charge in [0.1, 0.15) is 0 Å². The Morgan fingerprint density at radius 3 is 2.65 bits per heavy atom. The second-order valence-electron chi connectivity index (χ2n) is 5.81. The van der Waals surface area contributed by atoms with Gasteiger partial charge in [-0.05, 0) is 38.0 Å². The second-order valence-corrected chi connectivity index (χ2v) is 7.47. The highest BCUT2D eigenvalue weighted by Gasteiger charge is 2.25. The van der Waals surface area contributed by atoms with E-state index in [-0.39, 0.29) is 17.1 Å². The number of nitrogens with one attached hydrogen (secondary N) is 1. The van der Waals surface area contributed by atoms with Gasteiger partial charge < -0.3 is 0 Å². The molecule has 0 saturated carbocycles. The molecule has 2 aromatic rings. The SMILES string of the molecule is CCCCC(NS(=O)(=O)c1ccnn1C(C)C)c1cccnc1. The molecule has 2 rings (SSSR count). The van der Waals surface area contributed by atoms with E-state index in [0.29, 0.717) is 0 Å². The first-order chi connectivity index (χ1) is 11.0. The van der Waals surface area contributed by atoms with Crippen molar-refractivity contribution in [2.24, 2.45) is 0 Å². The zero-order valence-electron chi connectivity index (χ0n) is 13.8. The topological polar surface area (TPSA) is 76.9 Å². The van der Waals surface area contributed by atoms with Gasteiger partial charge in [0.15, 0.2) is 5.03 Å². The van der Waals surface area contributed by atoms with Crippen LogP contribution >= 0.6 is 0 Å². The fourth-order valence-corrected chi connectivity index (χ4v) is 3.93. The Balaban J connectivity index is 2.29. The molecule has 2 aromatic heterocycles. The molecule has 0 aliphatic heterocycles.